The van der Waals surface area contributed by atoms with Crippen molar-refractivity contribution in [2.24, 2.45) is 0 Å². The highest BCUT2D eigenvalue weighted by Gasteiger charge is 2.28. The fourth-order valence-electron chi connectivity index (χ4n) is 4.27. The molecule has 1 aromatic carbocycles. The third kappa shape index (κ3) is 7.89. The number of hydrogen-bond acceptors (Lipinski definition) is 2. The van der Waals surface area contributed by atoms with E-state index in [1.165, 1.54) is 82.6 Å². The van der Waals surface area contributed by atoms with Crippen LogP contribution in [0.4, 0.5) is 0 Å². The monoisotopic (exact) mass is 384 g/mol. The highest BCUT2D eigenvalue weighted by Crippen LogP contribution is 2.32. The van der Waals surface area contributed by atoms with Gasteiger partial charge in [0.25, 0.3) is 0 Å². The molecule has 2 rings (SSSR count). The second-order valence-corrected chi connectivity index (χ2v) is 8.75. The van der Waals surface area contributed by atoms with Crippen LogP contribution in [0.3, 0.4) is 0 Å². The molecule has 1 unspecified atom stereocenters. The molecule has 2 nitrogen and oxygen atoms in total. The van der Waals surface area contributed by atoms with Crippen molar-refractivity contribution in [3.8, 4) is 0 Å². The van der Waals surface area contributed by atoms with E-state index in [1.807, 2.05) is 0 Å². The molecule has 0 spiro atoms. The zero-order chi connectivity index (χ0) is 20.0. The van der Waals surface area contributed by atoms with Gasteiger partial charge in [-0.3, -0.25) is 0 Å². The smallest absolute Gasteiger partial charge is 0.127 e. The SMILES string of the molecule is CCCCCCCCCCCCCCN1C=CN(C(C)C)C1c1ccccc1. The van der Waals surface area contributed by atoms with Crippen molar-refractivity contribution in [1.29, 1.82) is 0 Å². The number of unbranched alkanes of at least 4 members (excludes halogenated alkanes) is 11. The van der Waals surface area contributed by atoms with Crippen LogP contribution in [-0.4, -0.2) is 22.4 Å². The van der Waals surface area contributed by atoms with E-state index < -0.39 is 0 Å². The zero-order valence-corrected chi connectivity index (χ0v) is 18.8. The van der Waals surface area contributed by atoms with Gasteiger partial charge in [-0.25, -0.2) is 0 Å². The van der Waals surface area contributed by atoms with Crippen molar-refractivity contribution >= 4 is 0 Å². The molecule has 0 fully saturated rings. The van der Waals surface area contributed by atoms with E-state index in [1.54, 1.807) is 0 Å². The second-order valence-electron chi connectivity index (χ2n) is 8.75. The summed E-state index contributed by atoms with van der Waals surface area (Å²) >= 11 is 0. The van der Waals surface area contributed by atoms with Crippen LogP contribution in [0.5, 0.6) is 0 Å². The van der Waals surface area contributed by atoms with Crippen molar-refractivity contribution in [2.45, 2.75) is 110 Å². The molecule has 1 aromatic rings. The minimum Gasteiger partial charge on any atom is -0.352 e. The first-order chi connectivity index (χ1) is 13.7. The molecule has 158 valence electrons. The van der Waals surface area contributed by atoms with Gasteiger partial charge in [-0.05, 0) is 25.8 Å². The van der Waals surface area contributed by atoms with Gasteiger partial charge in [0, 0.05) is 25.0 Å². The van der Waals surface area contributed by atoms with Gasteiger partial charge < -0.3 is 9.80 Å². The Morgan fingerprint density at radius 3 is 1.79 bits per heavy atom. The van der Waals surface area contributed by atoms with Crippen LogP contribution in [0.1, 0.15) is 110 Å². The molecule has 2 heteroatoms. The molecule has 0 radical (unpaired) electrons. The zero-order valence-electron chi connectivity index (χ0n) is 18.8. The van der Waals surface area contributed by atoms with E-state index in [9.17, 15) is 0 Å². The van der Waals surface area contributed by atoms with Gasteiger partial charge in [-0.15, -0.1) is 0 Å². The summed E-state index contributed by atoms with van der Waals surface area (Å²) in [5, 5.41) is 0. The normalized spacial score (nSPS) is 16.5. The summed E-state index contributed by atoms with van der Waals surface area (Å²) in [5.74, 6) is 0. The molecule has 0 bridgehead atoms. The maximum absolute atomic E-state index is 2.53. The van der Waals surface area contributed by atoms with Crippen LogP contribution in [0.25, 0.3) is 0 Å². The van der Waals surface area contributed by atoms with Gasteiger partial charge in [0.05, 0.1) is 0 Å². The lowest BCUT2D eigenvalue weighted by Gasteiger charge is -2.35. The molecular weight excluding hydrogens is 340 g/mol. The molecule has 1 heterocycles. The molecule has 28 heavy (non-hydrogen) atoms. The first kappa shape index (κ1) is 22.8. The van der Waals surface area contributed by atoms with Crippen molar-refractivity contribution < 1.29 is 0 Å². The summed E-state index contributed by atoms with van der Waals surface area (Å²) < 4.78 is 0. The lowest BCUT2D eigenvalue weighted by Crippen LogP contribution is -2.35. The van der Waals surface area contributed by atoms with Gasteiger partial charge in [-0.1, -0.05) is 108 Å². The van der Waals surface area contributed by atoms with E-state index in [2.05, 4.69) is 73.3 Å². The van der Waals surface area contributed by atoms with E-state index in [0.29, 0.717) is 12.2 Å². The minimum absolute atomic E-state index is 0.369. The molecule has 0 saturated heterocycles. The number of benzene rings is 1. The summed E-state index contributed by atoms with van der Waals surface area (Å²) in [6.07, 6.45) is 21.9. The fourth-order valence-corrected chi connectivity index (χ4v) is 4.27. The molecule has 1 aliphatic rings. The average Bonchev–Trinajstić information content (AvgIpc) is 3.14. The molecule has 1 aliphatic heterocycles. The summed E-state index contributed by atoms with van der Waals surface area (Å²) in [7, 11) is 0. The Morgan fingerprint density at radius 1 is 0.714 bits per heavy atom. The quantitative estimate of drug-likeness (QED) is 0.284. The highest BCUT2D eigenvalue weighted by atomic mass is 15.4. The Balaban J connectivity index is 1.59. The molecule has 0 amide bonds. The van der Waals surface area contributed by atoms with Crippen LogP contribution in [-0.2, 0) is 0 Å². The molecule has 0 aromatic heterocycles. The first-order valence-corrected chi connectivity index (χ1v) is 12.0. The van der Waals surface area contributed by atoms with Crippen LogP contribution >= 0.6 is 0 Å². The highest BCUT2D eigenvalue weighted by molar-refractivity contribution is 5.22. The van der Waals surface area contributed by atoms with Gasteiger partial charge in [-0.2, -0.15) is 0 Å². The van der Waals surface area contributed by atoms with Crippen LogP contribution in [0.2, 0.25) is 0 Å². The summed E-state index contributed by atoms with van der Waals surface area (Å²) in [4.78, 5) is 5.02. The van der Waals surface area contributed by atoms with Crippen molar-refractivity contribution in [2.75, 3.05) is 6.54 Å². The van der Waals surface area contributed by atoms with Gasteiger partial charge in [0.1, 0.15) is 6.17 Å². The van der Waals surface area contributed by atoms with Crippen molar-refractivity contribution in [1.82, 2.24) is 9.80 Å². The molecule has 0 saturated carbocycles. The van der Waals surface area contributed by atoms with Crippen molar-refractivity contribution in [3.05, 3.63) is 48.3 Å². The Labute approximate surface area is 175 Å². The van der Waals surface area contributed by atoms with E-state index in [-0.39, 0.29) is 0 Å². The summed E-state index contributed by atoms with van der Waals surface area (Å²) in [6, 6.07) is 11.5. The lowest BCUT2D eigenvalue weighted by molar-refractivity contribution is 0.126. The molecule has 0 aliphatic carbocycles. The van der Waals surface area contributed by atoms with Crippen molar-refractivity contribution in [3.63, 3.8) is 0 Å². The topological polar surface area (TPSA) is 6.48 Å². The minimum atomic E-state index is 0.369. The molecular formula is C26H44N2. The Kier molecular flexibility index (Phi) is 11.2. The predicted molar refractivity (Wildman–Crippen MR) is 123 cm³/mol. The Hall–Kier alpha value is -1.44. The molecule has 1 atom stereocenters. The first-order valence-electron chi connectivity index (χ1n) is 12.0. The average molecular weight is 385 g/mol. The summed E-state index contributed by atoms with van der Waals surface area (Å²) in [5.41, 5.74) is 1.40. The fraction of sp³-hybridized carbons (Fsp3) is 0.692. The van der Waals surface area contributed by atoms with E-state index >= 15 is 0 Å². The second kappa shape index (κ2) is 13.7. The number of nitrogens with zero attached hydrogens (tertiary/aromatic N) is 2. The third-order valence-electron chi connectivity index (χ3n) is 5.99. The van der Waals surface area contributed by atoms with E-state index in [0.717, 1.165) is 6.54 Å². The Bertz CT molecular complexity index is 522. The van der Waals surface area contributed by atoms with Crippen LogP contribution in [0.15, 0.2) is 42.7 Å². The van der Waals surface area contributed by atoms with Crippen LogP contribution in [0, 0.1) is 0 Å². The summed E-state index contributed by atoms with van der Waals surface area (Å²) in [6.45, 7) is 8.03. The van der Waals surface area contributed by atoms with E-state index in [4.69, 9.17) is 0 Å². The van der Waals surface area contributed by atoms with Gasteiger partial charge >= 0.3 is 0 Å². The lowest BCUT2D eigenvalue weighted by atomic mass is 10.1. The van der Waals surface area contributed by atoms with Crippen LogP contribution < -0.4 is 0 Å². The number of rotatable bonds is 15. The number of hydrogen-bond donors (Lipinski definition) is 0. The largest absolute Gasteiger partial charge is 0.352 e. The standard InChI is InChI=1S/C26H44N2/c1-4-5-6-7-8-9-10-11-12-13-14-18-21-27-22-23-28(24(2)3)26(27)25-19-16-15-17-20-25/h15-17,19-20,22-24,26H,4-14,18,21H2,1-3H3. The predicted octanol–water partition coefficient (Wildman–Crippen LogP) is 7.88. The maximum Gasteiger partial charge on any atom is 0.127 e. The molecule has 0 N–H and O–H groups in total. The maximum atomic E-state index is 2.53. The third-order valence-corrected chi connectivity index (χ3v) is 5.99. The van der Waals surface area contributed by atoms with Gasteiger partial charge in [0.2, 0.25) is 0 Å². The van der Waals surface area contributed by atoms with Gasteiger partial charge in [0.15, 0.2) is 0 Å². The Morgan fingerprint density at radius 2 is 1.25 bits per heavy atom.